The van der Waals surface area contributed by atoms with Crippen molar-refractivity contribution in [2.24, 2.45) is 12.0 Å². The van der Waals surface area contributed by atoms with Crippen LogP contribution in [0.15, 0.2) is 35.5 Å². The highest BCUT2D eigenvalue weighted by Crippen LogP contribution is 2.19. The molecule has 118 valence electrons. The molecule has 6 heteroatoms. The van der Waals surface area contributed by atoms with Crippen LogP contribution in [0.2, 0.25) is 0 Å². The lowest BCUT2D eigenvalue weighted by Gasteiger charge is -2.14. The third kappa shape index (κ3) is 4.00. The van der Waals surface area contributed by atoms with E-state index in [0.717, 1.165) is 23.0 Å². The number of aryl methyl sites for hydroxylation is 2. The third-order valence-corrected chi connectivity index (χ3v) is 3.47. The number of nitrogens with zero attached hydrogens (tertiary/aromatic N) is 3. The van der Waals surface area contributed by atoms with E-state index < -0.39 is 0 Å². The molecule has 0 aliphatic carbocycles. The monoisotopic (exact) mass is 301 g/mol. The number of hydrogen-bond donors (Lipinski definition) is 2. The first-order chi connectivity index (χ1) is 10.6. The van der Waals surface area contributed by atoms with Gasteiger partial charge in [-0.1, -0.05) is 12.1 Å². The molecule has 0 spiro atoms. The number of benzene rings is 1. The summed E-state index contributed by atoms with van der Waals surface area (Å²) in [6, 6.07) is 8.15. The first kappa shape index (κ1) is 15.9. The Morgan fingerprint density at radius 3 is 2.68 bits per heavy atom. The number of aliphatic imine (C=N–C) groups is 1. The van der Waals surface area contributed by atoms with Gasteiger partial charge in [-0.3, -0.25) is 9.67 Å². The third-order valence-electron chi connectivity index (χ3n) is 3.47. The van der Waals surface area contributed by atoms with Gasteiger partial charge in [0.2, 0.25) is 0 Å². The summed E-state index contributed by atoms with van der Waals surface area (Å²) in [7, 11) is 5.36. The molecule has 0 aliphatic rings. The molecule has 0 saturated heterocycles. The Bertz CT molecular complexity index is 648. The van der Waals surface area contributed by atoms with Crippen LogP contribution in [-0.2, 0) is 20.1 Å². The summed E-state index contributed by atoms with van der Waals surface area (Å²) in [5.74, 6) is 1.62. The summed E-state index contributed by atoms with van der Waals surface area (Å²) in [5.41, 5.74) is 3.37. The lowest BCUT2D eigenvalue weighted by atomic mass is 10.1. The lowest BCUT2D eigenvalue weighted by Crippen LogP contribution is -2.36. The molecule has 0 fully saturated rings. The number of rotatable bonds is 5. The molecule has 2 rings (SSSR count). The molecular formula is C16H23N5O. The van der Waals surface area contributed by atoms with Gasteiger partial charge in [0.15, 0.2) is 5.96 Å². The highest BCUT2D eigenvalue weighted by atomic mass is 16.5. The average molecular weight is 301 g/mol. The molecular weight excluding hydrogens is 278 g/mol. The maximum atomic E-state index is 5.41. The summed E-state index contributed by atoms with van der Waals surface area (Å²) >= 11 is 0. The molecule has 1 heterocycles. The van der Waals surface area contributed by atoms with Gasteiger partial charge in [-0.05, 0) is 24.6 Å². The number of guanidine groups is 1. The van der Waals surface area contributed by atoms with Crippen LogP contribution in [0.3, 0.4) is 0 Å². The summed E-state index contributed by atoms with van der Waals surface area (Å²) in [5, 5.41) is 10.7. The van der Waals surface area contributed by atoms with Crippen LogP contribution in [-0.4, -0.2) is 29.9 Å². The van der Waals surface area contributed by atoms with E-state index in [-0.39, 0.29) is 0 Å². The van der Waals surface area contributed by atoms with E-state index in [1.54, 1.807) is 20.4 Å². The van der Waals surface area contributed by atoms with Gasteiger partial charge in [-0.25, -0.2) is 0 Å². The maximum absolute atomic E-state index is 5.41. The number of aromatic nitrogens is 2. The molecule has 0 unspecified atom stereocenters. The van der Waals surface area contributed by atoms with Gasteiger partial charge in [0, 0.05) is 32.4 Å². The zero-order chi connectivity index (χ0) is 15.9. The molecule has 6 nitrogen and oxygen atoms in total. The van der Waals surface area contributed by atoms with E-state index in [0.29, 0.717) is 13.1 Å². The quantitative estimate of drug-likeness (QED) is 0.650. The zero-order valence-electron chi connectivity index (χ0n) is 13.6. The Morgan fingerprint density at radius 2 is 2.05 bits per heavy atom. The number of hydrogen-bond acceptors (Lipinski definition) is 3. The second-order valence-corrected chi connectivity index (χ2v) is 5.04. The minimum absolute atomic E-state index is 0.647. The molecule has 22 heavy (non-hydrogen) atoms. The second-order valence-electron chi connectivity index (χ2n) is 5.04. The highest BCUT2D eigenvalue weighted by Gasteiger charge is 2.05. The summed E-state index contributed by atoms with van der Waals surface area (Å²) in [4.78, 5) is 4.23. The van der Waals surface area contributed by atoms with Crippen molar-refractivity contribution in [2.75, 3.05) is 14.2 Å². The van der Waals surface area contributed by atoms with Gasteiger partial charge in [0.1, 0.15) is 5.75 Å². The Morgan fingerprint density at radius 1 is 1.27 bits per heavy atom. The topological polar surface area (TPSA) is 63.5 Å². The molecule has 1 aromatic carbocycles. The molecule has 0 radical (unpaired) electrons. The van der Waals surface area contributed by atoms with E-state index in [4.69, 9.17) is 4.74 Å². The largest absolute Gasteiger partial charge is 0.496 e. The van der Waals surface area contributed by atoms with Crippen molar-refractivity contribution in [3.8, 4) is 5.75 Å². The average Bonchev–Trinajstić information content (AvgIpc) is 2.93. The summed E-state index contributed by atoms with van der Waals surface area (Å²) in [6.07, 6.45) is 1.78. The van der Waals surface area contributed by atoms with Gasteiger partial charge in [-0.2, -0.15) is 5.10 Å². The standard InChI is InChI=1S/C16H23N5O/c1-12-5-6-13(15(9-12)22-4)10-18-16(17-2)19-11-14-7-8-20-21(14)3/h5-9H,10-11H2,1-4H3,(H2,17,18,19). The lowest BCUT2D eigenvalue weighted by molar-refractivity contribution is 0.408. The van der Waals surface area contributed by atoms with Gasteiger partial charge in [0.25, 0.3) is 0 Å². The van der Waals surface area contributed by atoms with Crippen LogP contribution in [0, 0.1) is 6.92 Å². The molecule has 2 N–H and O–H groups in total. The molecule has 0 saturated carbocycles. The van der Waals surface area contributed by atoms with Crippen LogP contribution in [0.4, 0.5) is 0 Å². The SMILES string of the molecule is CN=C(NCc1ccc(C)cc1OC)NCc1ccnn1C. The van der Waals surface area contributed by atoms with Crippen LogP contribution >= 0.6 is 0 Å². The Kier molecular flexibility index (Phi) is 5.41. The normalized spacial score (nSPS) is 11.4. The summed E-state index contributed by atoms with van der Waals surface area (Å²) < 4.78 is 7.25. The van der Waals surface area contributed by atoms with Crippen molar-refractivity contribution < 1.29 is 4.74 Å². The van der Waals surface area contributed by atoms with Crippen molar-refractivity contribution in [1.29, 1.82) is 0 Å². The highest BCUT2D eigenvalue weighted by molar-refractivity contribution is 5.79. The smallest absolute Gasteiger partial charge is 0.191 e. The number of methoxy groups -OCH3 is 1. The van der Waals surface area contributed by atoms with Crippen molar-refractivity contribution in [3.63, 3.8) is 0 Å². The fraction of sp³-hybridized carbons (Fsp3) is 0.375. The van der Waals surface area contributed by atoms with Crippen LogP contribution in [0.25, 0.3) is 0 Å². The van der Waals surface area contributed by atoms with Crippen molar-refractivity contribution in [3.05, 3.63) is 47.3 Å². The fourth-order valence-electron chi connectivity index (χ4n) is 2.15. The Balaban J connectivity index is 1.93. The van der Waals surface area contributed by atoms with E-state index in [9.17, 15) is 0 Å². The Labute approximate surface area is 131 Å². The predicted molar refractivity (Wildman–Crippen MR) is 88.0 cm³/mol. The van der Waals surface area contributed by atoms with Gasteiger partial charge >= 0.3 is 0 Å². The van der Waals surface area contributed by atoms with Gasteiger partial charge < -0.3 is 15.4 Å². The minimum Gasteiger partial charge on any atom is -0.496 e. The molecule has 0 bridgehead atoms. The zero-order valence-corrected chi connectivity index (χ0v) is 13.6. The first-order valence-corrected chi connectivity index (χ1v) is 7.19. The van der Waals surface area contributed by atoms with E-state index >= 15 is 0 Å². The van der Waals surface area contributed by atoms with Crippen LogP contribution in [0.1, 0.15) is 16.8 Å². The Hall–Kier alpha value is -2.50. The van der Waals surface area contributed by atoms with Crippen LogP contribution in [0.5, 0.6) is 5.75 Å². The molecule has 0 amide bonds. The first-order valence-electron chi connectivity index (χ1n) is 7.19. The van der Waals surface area contributed by atoms with Crippen molar-refractivity contribution in [2.45, 2.75) is 20.0 Å². The molecule has 0 aliphatic heterocycles. The second kappa shape index (κ2) is 7.49. The van der Waals surface area contributed by atoms with Gasteiger partial charge in [0.05, 0.1) is 19.3 Å². The number of nitrogens with one attached hydrogen (secondary N) is 2. The molecule has 1 aromatic heterocycles. The minimum atomic E-state index is 0.647. The van der Waals surface area contributed by atoms with Crippen LogP contribution < -0.4 is 15.4 Å². The molecule has 0 atom stereocenters. The van der Waals surface area contributed by atoms with E-state index in [1.165, 1.54) is 5.56 Å². The fourth-order valence-corrected chi connectivity index (χ4v) is 2.15. The van der Waals surface area contributed by atoms with E-state index in [1.807, 2.05) is 30.8 Å². The maximum Gasteiger partial charge on any atom is 0.191 e. The van der Waals surface area contributed by atoms with Gasteiger partial charge in [-0.15, -0.1) is 0 Å². The van der Waals surface area contributed by atoms with E-state index in [2.05, 4.69) is 32.9 Å². The number of ether oxygens (including phenoxy) is 1. The summed E-state index contributed by atoms with van der Waals surface area (Å²) in [6.45, 7) is 3.36. The van der Waals surface area contributed by atoms with Crippen molar-refractivity contribution >= 4 is 5.96 Å². The predicted octanol–water partition coefficient (Wildman–Crippen LogP) is 1.60. The van der Waals surface area contributed by atoms with Crippen molar-refractivity contribution in [1.82, 2.24) is 20.4 Å². The molecule has 2 aromatic rings.